The van der Waals surface area contributed by atoms with Crippen LogP contribution in [0.25, 0.3) is 0 Å². The highest BCUT2D eigenvalue weighted by atomic mass is 16.5. The quantitative estimate of drug-likeness (QED) is 0.741. The van der Waals surface area contributed by atoms with Crippen molar-refractivity contribution in [2.75, 3.05) is 25.0 Å². The molecular formula is C14H22N4O2. The largest absolute Gasteiger partial charge is 0.376 e. The SMILES string of the molecule is CCCCNC(=O)c1cnc(NCC2CCCO2)cn1. The number of anilines is 1. The minimum absolute atomic E-state index is 0.170. The molecule has 1 aliphatic rings. The van der Waals surface area contributed by atoms with E-state index < -0.39 is 0 Å². The first-order chi connectivity index (χ1) is 9.79. The van der Waals surface area contributed by atoms with Crippen LogP contribution in [0.5, 0.6) is 0 Å². The third-order valence-corrected chi connectivity index (χ3v) is 3.24. The molecule has 2 heterocycles. The van der Waals surface area contributed by atoms with Gasteiger partial charge in [0, 0.05) is 19.7 Å². The van der Waals surface area contributed by atoms with Crippen molar-refractivity contribution in [3.8, 4) is 0 Å². The molecular weight excluding hydrogens is 256 g/mol. The van der Waals surface area contributed by atoms with Gasteiger partial charge in [0.1, 0.15) is 11.5 Å². The van der Waals surface area contributed by atoms with Crippen molar-refractivity contribution in [2.45, 2.75) is 38.7 Å². The molecule has 0 spiro atoms. The molecule has 0 radical (unpaired) electrons. The summed E-state index contributed by atoms with van der Waals surface area (Å²) in [5, 5.41) is 5.99. The summed E-state index contributed by atoms with van der Waals surface area (Å²) in [6.07, 6.45) is 7.57. The van der Waals surface area contributed by atoms with E-state index in [0.29, 0.717) is 18.1 Å². The minimum atomic E-state index is -0.170. The van der Waals surface area contributed by atoms with Gasteiger partial charge in [0.05, 0.1) is 18.5 Å². The van der Waals surface area contributed by atoms with Crippen molar-refractivity contribution in [3.05, 3.63) is 18.1 Å². The Morgan fingerprint density at radius 3 is 3.00 bits per heavy atom. The molecule has 0 aromatic carbocycles. The van der Waals surface area contributed by atoms with Crippen LogP contribution < -0.4 is 10.6 Å². The van der Waals surface area contributed by atoms with Gasteiger partial charge < -0.3 is 15.4 Å². The maximum atomic E-state index is 11.7. The van der Waals surface area contributed by atoms with E-state index in [-0.39, 0.29) is 12.0 Å². The Labute approximate surface area is 119 Å². The van der Waals surface area contributed by atoms with Crippen LogP contribution in [0.3, 0.4) is 0 Å². The van der Waals surface area contributed by atoms with Gasteiger partial charge in [-0.1, -0.05) is 13.3 Å². The second-order valence-corrected chi connectivity index (χ2v) is 4.91. The number of nitrogens with one attached hydrogen (secondary N) is 2. The molecule has 1 amide bonds. The third-order valence-electron chi connectivity index (χ3n) is 3.24. The average molecular weight is 278 g/mol. The topological polar surface area (TPSA) is 76.1 Å². The first-order valence-corrected chi connectivity index (χ1v) is 7.25. The predicted octanol–water partition coefficient (Wildman–Crippen LogP) is 1.60. The number of carbonyl (C=O) groups is 1. The smallest absolute Gasteiger partial charge is 0.271 e. The Balaban J connectivity index is 1.78. The summed E-state index contributed by atoms with van der Waals surface area (Å²) in [5.74, 6) is 0.502. The van der Waals surface area contributed by atoms with Crippen molar-refractivity contribution in [2.24, 2.45) is 0 Å². The van der Waals surface area contributed by atoms with Crippen molar-refractivity contribution < 1.29 is 9.53 Å². The minimum Gasteiger partial charge on any atom is -0.376 e. The number of aromatic nitrogens is 2. The summed E-state index contributed by atoms with van der Waals surface area (Å²) < 4.78 is 5.52. The van der Waals surface area contributed by atoms with E-state index in [0.717, 1.165) is 38.8 Å². The van der Waals surface area contributed by atoms with E-state index in [1.54, 1.807) is 6.20 Å². The van der Waals surface area contributed by atoms with Gasteiger partial charge in [0.25, 0.3) is 5.91 Å². The van der Waals surface area contributed by atoms with E-state index in [9.17, 15) is 4.79 Å². The van der Waals surface area contributed by atoms with Gasteiger partial charge in [0.15, 0.2) is 0 Å². The number of hydrogen-bond acceptors (Lipinski definition) is 5. The third kappa shape index (κ3) is 4.45. The standard InChI is InChI=1S/C14H22N4O2/c1-2-3-6-15-14(19)12-9-18-13(10-16-12)17-8-11-5-4-7-20-11/h9-11H,2-8H2,1H3,(H,15,19)(H,17,18). The summed E-state index contributed by atoms with van der Waals surface area (Å²) in [6.45, 7) is 4.34. The molecule has 1 fully saturated rings. The van der Waals surface area contributed by atoms with Crippen LogP contribution in [-0.2, 0) is 4.74 Å². The summed E-state index contributed by atoms with van der Waals surface area (Å²) >= 11 is 0. The van der Waals surface area contributed by atoms with E-state index in [4.69, 9.17) is 4.74 Å². The fourth-order valence-corrected chi connectivity index (χ4v) is 2.03. The Hall–Kier alpha value is -1.69. The van der Waals surface area contributed by atoms with Crippen molar-refractivity contribution in [3.63, 3.8) is 0 Å². The van der Waals surface area contributed by atoms with E-state index in [1.165, 1.54) is 6.20 Å². The Morgan fingerprint density at radius 1 is 1.45 bits per heavy atom. The molecule has 2 rings (SSSR count). The van der Waals surface area contributed by atoms with E-state index >= 15 is 0 Å². The molecule has 0 saturated carbocycles. The molecule has 2 N–H and O–H groups in total. The lowest BCUT2D eigenvalue weighted by molar-refractivity contribution is 0.0947. The van der Waals surface area contributed by atoms with Crippen LogP contribution in [-0.4, -0.2) is 41.7 Å². The Kier molecular flexibility index (Phi) is 5.73. The maximum Gasteiger partial charge on any atom is 0.271 e. The van der Waals surface area contributed by atoms with Crippen LogP contribution >= 0.6 is 0 Å². The number of unbranched alkanes of at least 4 members (excludes halogenated alkanes) is 1. The van der Waals surface area contributed by atoms with Crippen LogP contribution in [0, 0.1) is 0 Å². The van der Waals surface area contributed by atoms with Crippen molar-refractivity contribution in [1.29, 1.82) is 0 Å². The molecule has 20 heavy (non-hydrogen) atoms. The molecule has 1 aliphatic heterocycles. The molecule has 1 aromatic rings. The van der Waals surface area contributed by atoms with E-state index in [2.05, 4.69) is 27.5 Å². The van der Waals surface area contributed by atoms with Crippen LogP contribution in [0.15, 0.2) is 12.4 Å². The van der Waals surface area contributed by atoms with Gasteiger partial charge in [-0.25, -0.2) is 9.97 Å². The maximum absolute atomic E-state index is 11.7. The second-order valence-electron chi connectivity index (χ2n) is 4.91. The molecule has 1 unspecified atom stereocenters. The fourth-order valence-electron chi connectivity index (χ4n) is 2.03. The number of nitrogens with zero attached hydrogens (tertiary/aromatic N) is 2. The highest BCUT2D eigenvalue weighted by Gasteiger charge is 2.15. The number of hydrogen-bond donors (Lipinski definition) is 2. The number of carbonyl (C=O) groups excluding carboxylic acids is 1. The fraction of sp³-hybridized carbons (Fsp3) is 0.643. The lowest BCUT2D eigenvalue weighted by Gasteiger charge is -2.11. The molecule has 6 nitrogen and oxygen atoms in total. The van der Waals surface area contributed by atoms with Crippen molar-refractivity contribution in [1.82, 2.24) is 15.3 Å². The van der Waals surface area contributed by atoms with Crippen LogP contribution in [0.2, 0.25) is 0 Å². The Bertz CT molecular complexity index is 416. The molecule has 1 aromatic heterocycles. The van der Waals surface area contributed by atoms with Gasteiger partial charge in [-0.3, -0.25) is 4.79 Å². The second kappa shape index (κ2) is 7.79. The van der Waals surface area contributed by atoms with E-state index in [1.807, 2.05) is 0 Å². The lowest BCUT2D eigenvalue weighted by Crippen LogP contribution is -2.25. The normalized spacial score (nSPS) is 17.9. The number of ether oxygens (including phenoxy) is 1. The Morgan fingerprint density at radius 2 is 2.35 bits per heavy atom. The summed E-state index contributed by atoms with van der Waals surface area (Å²) in [5.41, 5.74) is 0.351. The molecule has 110 valence electrons. The van der Waals surface area contributed by atoms with Gasteiger partial charge in [-0.15, -0.1) is 0 Å². The summed E-state index contributed by atoms with van der Waals surface area (Å²) in [4.78, 5) is 20.1. The highest BCUT2D eigenvalue weighted by Crippen LogP contribution is 2.12. The number of rotatable bonds is 7. The molecule has 0 bridgehead atoms. The average Bonchev–Trinajstić information content (AvgIpc) is 2.99. The first-order valence-electron chi connectivity index (χ1n) is 7.25. The van der Waals surface area contributed by atoms with Gasteiger partial charge in [-0.05, 0) is 19.3 Å². The predicted molar refractivity (Wildman–Crippen MR) is 76.7 cm³/mol. The molecule has 6 heteroatoms. The van der Waals surface area contributed by atoms with Gasteiger partial charge >= 0.3 is 0 Å². The lowest BCUT2D eigenvalue weighted by atomic mass is 10.2. The zero-order chi connectivity index (χ0) is 14.2. The highest BCUT2D eigenvalue weighted by molar-refractivity contribution is 5.91. The first kappa shape index (κ1) is 14.7. The van der Waals surface area contributed by atoms with Gasteiger partial charge in [0.2, 0.25) is 0 Å². The summed E-state index contributed by atoms with van der Waals surface area (Å²) in [6, 6.07) is 0. The van der Waals surface area contributed by atoms with Crippen LogP contribution in [0.1, 0.15) is 43.1 Å². The molecule has 0 aliphatic carbocycles. The molecule has 1 saturated heterocycles. The zero-order valence-corrected chi connectivity index (χ0v) is 11.9. The van der Waals surface area contributed by atoms with Gasteiger partial charge in [-0.2, -0.15) is 0 Å². The summed E-state index contributed by atoms with van der Waals surface area (Å²) in [7, 11) is 0. The zero-order valence-electron chi connectivity index (χ0n) is 11.9. The monoisotopic (exact) mass is 278 g/mol. The van der Waals surface area contributed by atoms with Crippen LogP contribution in [0.4, 0.5) is 5.82 Å². The number of amides is 1. The molecule has 1 atom stereocenters. The van der Waals surface area contributed by atoms with Crippen molar-refractivity contribution >= 4 is 11.7 Å².